The maximum atomic E-state index is 12.0. The van der Waals surface area contributed by atoms with Gasteiger partial charge >= 0.3 is 0 Å². The molecule has 1 rings (SSSR count). The van der Waals surface area contributed by atoms with Gasteiger partial charge < -0.3 is 4.90 Å². The Morgan fingerprint density at radius 1 is 1.00 bits per heavy atom. The van der Waals surface area contributed by atoms with E-state index in [0.29, 0.717) is 6.42 Å². The Morgan fingerprint density at radius 2 is 1.57 bits per heavy atom. The quantitative estimate of drug-likeness (QED) is 0.339. The molecule has 21 heavy (non-hydrogen) atoms. The third-order valence-corrected chi connectivity index (χ3v) is 3.76. The van der Waals surface area contributed by atoms with Crippen LogP contribution in [-0.2, 0) is 4.79 Å². The van der Waals surface area contributed by atoms with Gasteiger partial charge in [-0.05, 0) is 30.7 Å². The number of carbonyl (C=O) groups excluding carboxylic acids is 2. The second-order valence-corrected chi connectivity index (χ2v) is 5.56. The standard InChI is InChI=1S/C18H27NO2/c1-3-4-5-6-7-8-9-10-18(21)16-11-13-17(14-12-16)19(2)15-20/h11-15H,3-10H2,1-2H3. The van der Waals surface area contributed by atoms with E-state index in [-0.39, 0.29) is 5.78 Å². The highest BCUT2D eigenvalue weighted by Crippen LogP contribution is 2.15. The number of nitrogens with zero attached hydrogens (tertiary/aromatic N) is 1. The van der Waals surface area contributed by atoms with Crippen molar-refractivity contribution in [1.29, 1.82) is 0 Å². The molecule has 1 amide bonds. The van der Waals surface area contributed by atoms with Gasteiger partial charge in [0.15, 0.2) is 5.78 Å². The van der Waals surface area contributed by atoms with Crippen molar-refractivity contribution in [2.24, 2.45) is 0 Å². The third kappa shape index (κ3) is 6.56. The Morgan fingerprint density at radius 3 is 2.14 bits per heavy atom. The van der Waals surface area contributed by atoms with Crippen LogP contribution in [0.2, 0.25) is 0 Å². The first-order chi connectivity index (χ1) is 10.2. The van der Waals surface area contributed by atoms with Crippen LogP contribution in [0.15, 0.2) is 24.3 Å². The predicted octanol–water partition coefficient (Wildman–Crippen LogP) is 4.60. The number of unbranched alkanes of at least 4 members (excludes halogenated alkanes) is 6. The first-order valence-corrected chi connectivity index (χ1v) is 8.00. The molecule has 0 aromatic heterocycles. The van der Waals surface area contributed by atoms with Crippen LogP contribution in [0, 0.1) is 0 Å². The molecule has 0 saturated heterocycles. The largest absolute Gasteiger partial charge is 0.318 e. The van der Waals surface area contributed by atoms with Gasteiger partial charge in [0.25, 0.3) is 0 Å². The fraction of sp³-hybridized carbons (Fsp3) is 0.556. The average Bonchev–Trinajstić information content (AvgIpc) is 2.53. The van der Waals surface area contributed by atoms with Crippen molar-refractivity contribution in [2.75, 3.05) is 11.9 Å². The number of anilines is 1. The summed E-state index contributed by atoms with van der Waals surface area (Å²) in [5, 5.41) is 0. The molecule has 0 saturated carbocycles. The zero-order valence-electron chi connectivity index (χ0n) is 13.3. The molecule has 0 N–H and O–H groups in total. The van der Waals surface area contributed by atoms with Gasteiger partial charge in [-0.1, -0.05) is 45.4 Å². The SMILES string of the molecule is CCCCCCCCCC(=O)c1ccc(N(C)C=O)cc1. The van der Waals surface area contributed by atoms with Crippen LogP contribution in [-0.4, -0.2) is 19.2 Å². The van der Waals surface area contributed by atoms with Crippen LogP contribution in [0.3, 0.4) is 0 Å². The van der Waals surface area contributed by atoms with E-state index in [9.17, 15) is 9.59 Å². The van der Waals surface area contributed by atoms with Crippen LogP contribution in [0.25, 0.3) is 0 Å². The lowest BCUT2D eigenvalue weighted by Gasteiger charge is -2.10. The summed E-state index contributed by atoms with van der Waals surface area (Å²) in [6, 6.07) is 7.23. The van der Waals surface area contributed by atoms with Crippen molar-refractivity contribution >= 4 is 17.9 Å². The average molecular weight is 289 g/mol. The summed E-state index contributed by atoms with van der Waals surface area (Å²) in [5.74, 6) is 0.198. The molecule has 0 bridgehead atoms. The maximum absolute atomic E-state index is 12.0. The third-order valence-electron chi connectivity index (χ3n) is 3.76. The van der Waals surface area contributed by atoms with Gasteiger partial charge in [-0.3, -0.25) is 9.59 Å². The minimum atomic E-state index is 0.198. The molecule has 0 aliphatic heterocycles. The molecule has 0 aliphatic carbocycles. The van der Waals surface area contributed by atoms with E-state index >= 15 is 0 Å². The van der Waals surface area contributed by atoms with E-state index in [1.54, 1.807) is 19.2 Å². The first-order valence-electron chi connectivity index (χ1n) is 8.00. The number of benzene rings is 1. The van der Waals surface area contributed by atoms with Crippen LogP contribution in [0.1, 0.15) is 68.6 Å². The lowest BCUT2D eigenvalue weighted by Crippen LogP contribution is -2.13. The van der Waals surface area contributed by atoms with Crippen molar-refractivity contribution in [2.45, 2.75) is 58.3 Å². The van der Waals surface area contributed by atoms with Gasteiger partial charge in [-0.2, -0.15) is 0 Å². The minimum Gasteiger partial charge on any atom is -0.318 e. The molecule has 3 nitrogen and oxygen atoms in total. The van der Waals surface area contributed by atoms with Crippen molar-refractivity contribution in [3.05, 3.63) is 29.8 Å². The summed E-state index contributed by atoms with van der Waals surface area (Å²) in [5.41, 5.74) is 1.54. The predicted molar refractivity (Wildman–Crippen MR) is 87.8 cm³/mol. The van der Waals surface area contributed by atoms with Gasteiger partial charge in [0, 0.05) is 24.7 Å². The molecule has 0 atom stereocenters. The second kappa shape index (κ2) is 10.1. The van der Waals surface area contributed by atoms with Crippen molar-refractivity contribution < 1.29 is 9.59 Å². The van der Waals surface area contributed by atoms with Gasteiger partial charge in [0.2, 0.25) is 6.41 Å². The molecular formula is C18H27NO2. The van der Waals surface area contributed by atoms with Crippen molar-refractivity contribution in [3.8, 4) is 0 Å². The number of hydrogen-bond acceptors (Lipinski definition) is 2. The molecule has 0 radical (unpaired) electrons. The number of carbonyl (C=O) groups is 2. The van der Waals surface area contributed by atoms with E-state index in [2.05, 4.69) is 6.92 Å². The van der Waals surface area contributed by atoms with E-state index in [4.69, 9.17) is 0 Å². The van der Waals surface area contributed by atoms with Crippen LogP contribution >= 0.6 is 0 Å². The number of amides is 1. The Labute approximate surface area is 128 Å². The van der Waals surface area contributed by atoms with E-state index in [1.807, 2.05) is 12.1 Å². The Balaban J connectivity index is 2.27. The fourth-order valence-electron chi connectivity index (χ4n) is 2.33. The number of ketones is 1. The topological polar surface area (TPSA) is 37.4 Å². The van der Waals surface area contributed by atoms with Crippen molar-refractivity contribution in [3.63, 3.8) is 0 Å². The molecular weight excluding hydrogens is 262 g/mol. The monoisotopic (exact) mass is 289 g/mol. The molecule has 0 fully saturated rings. The van der Waals surface area contributed by atoms with Gasteiger partial charge in [0.05, 0.1) is 0 Å². The van der Waals surface area contributed by atoms with Crippen LogP contribution in [0.4, 0.5) is 5.69 Å². The minimum absolute atomic E-state index is 0.198. The summed E-state index contributed by atoms with van der Waals surface area (Å²) in [6.07, 6.45) is 9.92. The molecule has 0 unspecified atom stereocenters. The number of Topliss-reactive ketones (excluding diaryl/α,β-unsaturated/α-hetero) is 1. The van der Waals surface area contributed by atoms with Crippen LogP contribution < -0.4 is 4.90 Å². The van der Waals surface area contributed by atoms with Gasteiger partial charge in [-0.25, -0.2) is 0 Å². The second-order valence-electron chi connectivity index (χ2n) is 5.56. The molecule has 0 heterocycles. The smallest absolute Gasteiger partial charge is 0.213 e. The number of hydrogen-bond donors (Lipinski definition) is 0. The summed E-state index contributed by atoms with van der Waals surface area (Å²) in [6.45, 7) is 2.22. The number of rotatable bonds is 11. The molecule has 0 aliphatic rings. The van der Waals surface area contributed by atoms with Gasteiger partial charge in [0.1, 0.15) is 0 Å². The summed E-state index contributed by atoms with van der Waals surface area (Å²) >= 11 is 0. The summed E-state index contributed by atoms with van der Waals surface area (Å²) in [7, 11) is 1.70. The zero-order chi connectivity index (χ0) is 15.5. The highest BCUT2D eigenvalue weighted by Gasteiger charge is 2.06. The molecule has 1 aromatic rings. The lowest BCUT2D eigenvalue weighted by atomic mass is 10.0. The van der Waals surface area contributed by atoms with E-state index in [1.165, 1.54) is 37.0 Å². The highest BCUT2D eigenvalue weighted by molar-refractivity contribution is 5.96. The van der Waals surface area contributed by atoms with Crippen LogP contribution in [0.5, 0.6) is 0 Å². The highest BCUT2D eigenvalue weighted by atomic mass is 16.1. The molecule has 3 heteroatoms. The lowest BCUT2D eigenvalue weighted by molar-refractivity contribution is -0.107. The molecule has 0 spiro atoms. The first kappa shape index (κ1) is 17.4. The van der Waals surface area contributed by atoms with E-state index in [0.717, 1.165) is 30.5 Å². The molecule has 116 valence electrons. The Hall–Kier alpha value is -1.64. The fourth-order valence-corrected chi connectivity index (χ4v) is 2.33. The Kier molecular flexibility index (Phi) is 8.41. The normalized spacial score (nSPS) is 10.4. The van der Waals surface area contributed by atoms with Gasteiger partial charge in [-0.15, -0.1) is 0 Å². The zero-order valence-corrected chi connectivity index (χ0v) is 13.3. The van der Waals surface area contributed by atoms with E-state index < -0.39 is 0 Å². The molecule has 1 aromatic carbocycles. The van der Waals surface area contributed by atoms with Crippen molar-refractivity contribution in [1.82, 2.24) is 0 Å². The summed E-state index contributed by atoms with van der Waals surface area (Å²) in [4.78, 5) is 24.2. The maximum Gasteiger partial charge on any atom is 0.213 e. The Bertz CT molecular complexity index is 425. The summed E-state index contributed by atoms with van der Waals surface area (Å²) < 4.78 is 0.